The Hall–Kier alpha value is -0.720. The van der Waals surface area contributed by atoms with E-state index in [1.807, 2.05) is 6.92 Å². The van der Waals surface area contributed by atoms with Gasteiger partial charge in [-0.25, -0.2) is 0 Å². The highest BCUT2D eigenvalue weighted by molar-refractivity contribution is 7.15. The molecule has 3 fully saturated rings. The van der Waals surface area contributed by atoms with E-state index in [4.69, 9.17) is 9.47 Å². The summed E-state index contributed by atoms with van der Waals surface area (Å²) in [7, 11) is 0. The van der Waals surface area contributed by atoms with Crippen molar-refractivity contribution >= 4 is 16.5 Å². The Morgan fingerprint density at radius 2 is 2.04 bits per heavy atom. The van der Waals surface area contributed by atoms with E-state index in [1.54, 1.807) is 11.3 Å². The smallest absolute Gasteiger partial charge is 0.208 e. The maximum Gasteiger partial charge on any atom is 0.208 e. The highest BCUT2D eigenvalue weighted by Gasteiger charge is 2.44. The predicted molar refractivity (Wildman–Crippen MR) is 91.0 cm³/mol. The van der Waals surface area contributed by atoms with Crippen LogP contribution in [-0.4, -0.2) is 49.7 Å². The van der Waals surface area contributed by atoms with E-state index in [1.165, 1.54) is 32.1 Å². The summed E-state index contributed by atoms with van der Waals surface area (Å²) < 4.78 is 11.8. The zero-order chi connectivity index (χ0) is 15.7. The average Bonchev–Trinajstić information content (AvgIpc) is 3.29. The number of anilines is 1. The number of hydrogen-bond acceptors (Lipinski definition) is 6. The summed E-state index contributed by atoms with van der Waals surface area (Å²) in [6.07, 6.45) is 6.37. The van der Waals surface area contributed by atoms with Crippen molar-refractivity contribution in [2.45, 2.75) is 39.0 Å². The van der Waals surface area contributed by atoms with Crippen LogP contribution in [0.2, 0.25) is 0 Å². The van der Waals surface area contributed by atoms with E-state index < -0.39 is 0 Å². The summed E-state index contributed by atoms with van der Waals surface area (Å²) in [6, 6.07) is 0. The van der Waals surface area contributed by atoms with Crippen molar-refractivity contribution in [3.8, 4) is 0 Å². The van der Waals surface area contributed by atoms with Crippen LogP contribution in [0.1, 0.15) is 37.1 Å². The normalized spacial score (nSPS) is 27.5. The lowest BCUT2D eigenvalue weighted by Crippen LogP contribution is -2.49. The predicted octanol–water partition coefficient (Wildman–Crippen LogP) is 2.90. The summed E-state index contributed by atoms with van der Waals surface area (Å²) in [5.74, 6) is 1.41. The first-order valence-electron chi connectivity index (χ1n) is 8.96. The van der Waals surface area contributed by atoms with Crippen LogP contribution in [0.5, 0.6) is 0 Å². The van der Waals surface area contributed by atoms with Crippen molar-refractivity contribution in [3.05, 3.63) is 5.01 Å². The second-order valence-corrected chi connectivity index (χ2v) is 8.62. The Balaban J connectivity index is 1.35. The Labute approximate surface area is 142 Å². The lowest BCUT2D eigenvalue weighted by Gasteiger charge is -2.48. The molecule has 128 valence electrons. The molecule has 1 atom stereocenters. The molecule has 1 saturated carbocycles. The van der Waals surface area contributed by atoms with E-state index in [0.717, 1.165) is 55.6 Å². The lowest BCUT2D eigenvalue weighted by molar-refractivity contribution is -0.0871. The van der Waals surface area contributed by atoms with Gasteiger partial charge in [-0.1, -0.05) is 11.3 Å². The first-order valence-corrected chi connectivity index (χ1v) is 9.77. The van der Waals surface area contributed by atoms with Crippen LogP contribution in [0.15, 0.2) is 0 Å². The summed E-state index contributed by atoms with van der Waals surface area (Å²) >= 11 is 1.71. The summed E-state index contributed by atoms with van der Waals surface area (Å²) in [5, 5.41) is 10.6. The summed E-state index contributed by atoms with van der Waals surface area (Å²) in [6.45, 7) is 7.84. The minimum Gasteiger partial charge on any atom is -0.381 e. The fraction of sp³-hybridized carbons (Fsp3) is 0.882. The molecule has 0 radical (unpaired) electrons. The van der Waals surface area contributed by atoms with E-state index in [2.05, 4.69) is 15.1 Å². The van der Waals surface area contributed by atoms with Crippen molar-refractivity contribution in [2.24, 2.45) is 17.3 Å². The van der Waals surface area contributed by atoms with Gasteiger partial charge in [0.2, 0.25) is 5.13 Å². The molecule has 1 aliphatic carbocycles. The quantitative estimate of drug-likeness (QED) is 0.827. The van der Waals surface area contributed by atoms with Crippen LogP contribution in [0, 0.1) is 24.2 Å². The second-order valence-electron chi connectivity index (χ2n) is 7.46. The Kier molecular flexibility index (Phi) is 4.56. The standard InChI is InChI=1S/C17H27N3O2S/c1-13-18-19-16(23-13)20-7-4-17(5-8-20)6-9-21-11-15(17)12-22-10-14-2-3-14/h14-15H,2-12H2,1H3. The van der Waals surface area contributed by atoms with Gasteiger partial charge < -0.3 is 14.4 Å². The number of piperidine rings is 1. The molecule has 1 spiro atoms. The molecule has 1 aromatic rings. The Morgan fingerprint density at radius 1 is 1.22 bits per heavy atom. The van der Waals surface area contributed by atoms with Gasteiger partial charge in [0.15, 0.2) is 0 Å². The van der Waals surface area contributed by atoms with Gasteiger partial charge in [0.25, 0.3) is 0 Å². The third-order valence-corrected chi connectivity index (χ3v) is 6.74. The van der Waals surface area contributed by atoms with Gasteiger partial charge in [0.1, 0.15) is 5.01 Å². The van der Waals surface area contributed by atoms with Crippen molar-refractivity contribution in [3.63, 3.8) is 0 Å². The fourth-order valence-corrected chi connectivity index (χ4v) is 4.72. The molecule has 23 heavy (non-hydrogen) atoms. The lowest BCUT2D eigenvalue weighted by atomic mass is 9.66. The summed E-state index contributed by atoms with van der Waals surface area (Å²) in [5.41, 5.74) is 0.415. The molecule has 0 aromatic carbocycles. The fourth-order valence-electron chi connectivity index (χ4n) is 3.98. The van der Waals surface area contributed by atoms with E-state index in [-0.39, 0.29) is 0 Å². The maximum absolute atomic E-state index is 6.03. The van der Waals surface area contributed by atoms with Gasteiger partial charge in [-0.3, -0.25) is 0 Å². The van der Waals surface area contributed by atoms with E-state index in [0.29, 0.717) is 11.3 Å². The molecule has 0 N–H and O–H groups in total. The number of rotatable bonds is 5. The molecule has 6 heteroatoms. The summed E-state index contributed by atoms with van der Waals surface area (Å²) in [4.78, 5) is 2.41. The van der Waals surface area contributed by atoms with Crippen LogP contribution in [0.4, 0.5) is 5.13 Å². The maximum atomic E-state index is 6.03. The molecule has 2 aliphatic heterocycles. The van der Waals surface area contributed by atoms with Gasteiger partial charge >= 0.3 is 0 Å². The van der Waals surface area contributed by atoms with Crippen LogP contribution >= 0.6 is 11.3 Å². The topological polar surface area (TPSA) is 47.5 Å². The van der Waals surface area contributed by atoms with E-state index >= 15 is 0 Å². The Morgan fingerprint density at radius 3 is 2.74 bits per heavy atom. The van der Waals surface area contributed by atoms with Crippen LogP contribution in [0.3, 0.4) is 0 Å². The van der Waals surface area contributed by atoms with Gasteiger partial charge in [-0.15, -0.1) is 10.2 Å². The van der Waals surface area contributed by atoms with Crippen molar-refractivity contribution in [1.29, 1.82) is 0 Å². The molecule has 1 unspecified atom stereocenters. The third kappa shape index (κ3) is 3.54. The minimum absolute atomic E-state index is 0.415. The van der Waals surface area contributed by atoms with Crippen LogP contribution < -0.4 is 4.90 Å². The third-order valence-electron chi connectivity index (χ3n) is 5.84. The highest BCUT2D eigenvalue weighted by atomic mass is 32.1. The van der Waals surface area contributed by atoms with Crippen molar-refractivity contribution in [1.82, 2.24) is 10.2 Å². The number of hydrogen-bond donors (Lipinski definition) is 0. The number of nitrogens with zero attached hydrogens (tertiary/aromatic N) is 3. The molecule has 0 bridgehead atoms. The Bertz CT molecular complexity index is 524. The molecule has 4 rings (SSSR count). The molecule has 3 aliphatic rings. The van der Waals surface area contributed by atoms with E-state index in [9.17, 15) is 0 Å². The zero-order valence-electron chi connectivity index (χ0n) is 14.0. The van der Waals surface area contributed by atoms with Gasteiger partial charge in [0.05, 0.1) is 13.2 Å². The van der Waals surface area contributed by atoms with Gasteiger partial charge in [-0.2, -0.15) is 0 Å². The molecule has 5 nitrogen and oxygen atoms in total. The van der Waals surface area contributed by atoms with Crippen molar-refractivity contribution in [2.75, 3.05) is 44.4 Å². The largest absolute Gasteiger partial charge is 0.381 e. The molecular weight excluding hydrogens is 310 g/mol. The highest BCUT2D eigenvalue weighted by Crippen LogP contribution is 2.45. The number of ether oxygens (including phenoxy) is 2. The van der Waals surface area contributed by atoms with Crippen LogP contribution in [0.25, 0.3) is 0 Å². The average molecular weight is 337 g/mol. The SMILES string of the molecule is Cc1nnc(N2CCC3(CCOCC3COCC3CC3)CC2)s1. The first-order chi connectivity index (χ1) is 11.3. The number of aryl methyl sites for hydroxylation is 1. The van der Waals surface area contributed by atoms with Gasteiger partial charge in [0, 0.05) is 32.2 Å². The molecule has 3 heterocycles. The second kappa shape index (κ2) is 6.65. The molecule has 2 saturated heterocycles. The number of aromatic nitrogens is 2. The minimum atomic E-state index is 0.415. The first kappa shape index (κ1) is 15.8. The van der Waals surface area contributed by atoms with Gasteiger partial charge in [-0.05, 0) is 50.4 Å². The van der Waals surface area contributed by atoms with Crippen LogP contribution in [-0.2, 0) is 9.47 Å². The van der Waals surface area contributed by atoms with Crippen molar-refractivity contribution < 1.29 is 9.47 Å². The monoisotopic (exact) mass is 337 g/mol. The zero-order valence-corrected chi connectivity index (χ0v) is 14.8. The molecular formula is C17H27N3O2S. The molecule has 1 aromatic heterocycles. The molecule has 0 amide bonds.